The molecule has 116 valence electrons. The fourth-order valence-corrected chi connectivity index (χ4v) is 3.27. The van der Waals surface area contributed by atoms with Crippen molar-refractivity contribution < 1.29 is 9.13 Å². The van der Waals surface area contributed by atoms with Crippen LogP contribution >= 0.6 is 0 Å². The molecule has 0 amide bonds. The van der Waals surface area contributed by atoms with E-state index in [9.17, 15) is 4.39 Å². The quantitative estimate of drug-likeness (QED) is 0.902. The van der Waals surface area contributed by atoms with Gasteiger partial charge in [-0.15, -0.1) is 0 Å². The highest BCUT2D eigenvalue weighted by molar-refractivity contribution is 5.32. The average Bonchev–Trinajstić information content (AvgIpc) is 3.33. The average molecular weight is 292 g/mol. The summed E-state index contributed by atoms with van der Waals surface area (Å²) in [7, 11) is 1.51. The molecule has 1 aliphatic heterocycles. The van der Waals surface area contributed by atoms with E-state index < -0.39 is 0 Å². The largest absolute Gasteiger partial charge is 0.494 e. The normalized spacial score (nSPS) is 22.2. The van der Waals surface area contributed by atoms with Crippen molar-refractivity contribution in [2.24, 2.45) is 0 Å². The smallest absolute Gasteiger partial charge is 0.165 e. The lowest BCUT2D eigenvalue weighted by molar-refractivity contribution is 0.184. The van der Waals surface area contributed by atoms with Crippen molar-refractivity contribution in [1.82, 2.24) is 10.2 Å². The minimum atomic E-state index is -0.300. The summed E-state index contributed by atoms with van der Waals surface area (Å²) >= 11 is 0. The lowest BCUT2D eigenvalue weighted by atomic mass is 10.0. The third-order valence-electron chi connectivity index (χ3n) is 4.75. The second kappa shape index (κ2) is 6.32. The molecule has 1 saturated carbocycles. The van der Waals surface area contributed by atoms with E-state index in [0.717, 1.165) is 11.6 Å². The number of benzene rings is 1. The first kappa shape index (κ1) is 14.8. The van der Waals surface area contributed by atoms with Crippen LogP contribution in [0.2, 0.25) is 0 Å². The molecule has 1 unspecified atom stereocenters. The number of likely N-dealkylation sites (tertiary alicyclic amines) is 1. The molecule has 1 N–H and O–H groups in total. The van der Waals surface area contributed by atoms with Gasteiger partial charge in [-0.2, -0.15) is 0 Å². The van der Waals surface area contributed by atoms with E-state index in [1.54, 1.807) is 6.07 Å². The Kier molecular flexibility index (Phi) is 4.45. The zero-order chi connectivity index (χ0) is 14.8. The Morgan fingerprint density at radius 1 is 1.24 bits per heavy atom. The zero-order valence-electron chi connectivity index (χ0n) is 12.9. The maximum absolute atomic E-state index is 13.5. The summed E-state index contributed by atoms with van der Waals surface area (Å²) in [5.74, 6) is 0.0240. The molecule has 3 nitrogen and oxygen atoms in total. The van der Waals surface area contributed by atoms with E-state index in [4.69, 9.17) is 4.74 Å². The first-order valence-electron chi connectivity index (χ1n) is 8.01. The summed E-state index contributed by atoms with van der Waals surface area (Å²) in [5, 5.41) is 3.68. The van der Waals surface area contributed by atoms with Crippen LogP contribution in [-0.2, 0) is 0 Å². The molecule has 1 aliphatic carbocycles. The van der Waals surface area contributed by atoms with Gasteiger partial charge in [0.05, 0.1) is 7.11 Å². The van der Waals surface area contributed by atoms with Crippen LogP contribution < -0.4 is 10.1 Å². The Morgan fingerprint density at radius 3 is 2.57 bits per heavy atom. The highest BCUT2D eigenvalue weighted by Gasteiger charge is 2.32. The Morgan fingerprint density at radius 2 is 1.95 bits per heavy atom. The summed E-state index contributed by atoms with van der Waals surface area (Å²) in [6.07, 6.45) is 5.20. The van der Waals surface area contributed by atoms with E-state index in [0.29, 0.717) is 11.8 Å². The monoisotopic (exact) mass is 292 g/mol. The van der Waals surface area contributed by atoms with Crippen LogP contribution in [0, 0.1) is 5.82 Å². The van der Waals surface area contributed by atoms with Gasteiger partial charge < -0.3 is 15.0 Å². The number of hydrogen-bond acceptors (Lipinski definition) is 3. The zero-order valence-corrected chi connectivity index (χ0v) is 12.9. The number of piperidine rings is 1. The Balaban J connectivity index is 1.55. The maximum atomic E-state index is 13.5. The third-order valence-corrected chi connectivity index (χ3v) is 4.75. The number of nitrogens with one attached hydrogen (secondary N) is 1. The molecule has 1 aromatic carbocycles. The Bertz CT molecular complexity index is 482. The second-order valence-corrected chi connectivity index (χ2v) is 6.32. The van der Waals surface area contributed by atoms with E-state index in [-0.39, 0.29) is 11.9 Å². The van der Waals surface area contributed by atoms with E-state index in [1.807, 2.05) is 6.07 Å². The van der Waals surface area contributed by atoms with Crippen LogP contribution in [0.4, 0.5) is 4.39 Å². The molecule has 1 saturated heterocycles. The van der Waals surface area contributed by atoms with E-state index >= 15 is 0 Å². The summed E-state index contributed by atoms with van der Waals surface area (Å²) in [4.78, 5) is 2.63. The van der Waals surface area contributed by atoms with Gasteiger partial charge in [0.25, 0.3) is 0 Å². The third kappa shape index (κ3) is 3.55. The lowest BCUT2D eigenvalue weighted by Gasteiger charge is -2.34. The first-order valence-corrected chi connectivity index (χ1v) is 8.01. The van der Waals surface area contributed by atoms with Gasteiger partial charge in [0, 0.05) is 18.1 Å². The number of methoxy groups -OCH3 is 1. The number of hydrogen-bond donors (Lipinski definition) is 1. The van der Waals surface area contributed by atoms with Gasteiger partial charge in [0.1, 0.15) is 0 Å². The SMILES string of the molecule is COc1cc(C(C)NC2CCN(C3CC3)CC2)ccc1F. The predicted octanol–water partition coefficient (Wildman–Crippen LogP) is 3.11. The summed E-state index contributed by atoms with van der Waals surface area (Å²) in [6.45, 7) is 4.56. The van der Waals surface area contributed by atoms with Gasteiger partial charge in [-0.05, 0) is 63.4 Å². The molecule has 2 fully saturated rings. The van der Waals surface area contributed by atoms with Crippen molar-refractivity contribution >= 4 is 0 Å². The van der Waals surface area contributed by atoms with Crippen LogP contribution in [0.3, 0.4) is 0 Å². The molecule has 21 heavy (non-hydrogen) atoms. The Hall–Kier alpha value is -1.13. The number of rotatable bonds is 5. The molecule has 3 rings (SSSR count). The molecule has 1 aromatic rings. The van der Waals surface area contributed by atoms with Crippen molar-refractivity contribution in [3.05, 3.63) is 29.6 Å². The van der Waals surface area contributed by atoms with Gasteiger partial charge in [0.2, 0.25) is 0 Å². The van der Waals surface area contributed by atoms with Crippen LogP contribution in [0.25, 0.3) is 0 Å². The number of nitrogens with zero attached hydrogens (tertiary/aromatic N) is 1. The minimum absolute atomic E-state index is 0.219. The molecular weight excluding hydrogens is 267 g/mol. The van der Waals surface area contributed by atoms with Gasteiger partial charge in [-0.3, -0.25) is 0 Å². The van der Waals surface area contributed by atoms with Crippen molar-refractivity contribution in [1.29, 1.82) is 0 Å². The second-order valence-electron chi connectivity index (χ2n) is 6.32. The highest BCUT2D eigenvalue weighted by Crippen LogP contribution is 2.30. The highest BCUT2D eigenvalue weighted by atomic mass is 19.1. The minimum Gasteiger partial charge on any atom is -0.494 e. The molecule has 0 spiro atoms. The van der Waals surface area contributed by atoms with Crippen LogP contribution in [-0.4, -0.2) is 37.2 Å². The molecule has 0 radical (unpaired) electrons. The standard InChI is InChI=1S/C17H25FN2O/c1-12(13-3-6-16(18)17(11-13)21-2)19-14-7-9-20(10-8-14)15-4-5-15/h3,6,11-12,14-15,19H,4-5,7-10H2,1-2H3. The topological polar surface area (TPSA) is 24.5 Å². The lowest BCUT2D eigenvalue weighted by Crippen LogP contribution is -2.44. The van der Waals surface area contributed by atoms with Crippen molar-refractivity contribution in [3.63, 3.8) is 0 Å². The molecule has 2 aliphatic rings. The fourth-order valence-electron chi connectivity index (χ4n) is 3.27. The van der Waals surface area contributed by atoms with Crippen LogP contribution in [0.1, 0.15) is 44.2 Å². The van der Waals surface area contributed by atoms with Crippen LogP contribution in [0.5, 0.6) is 5.75 Å². The molecular formula is C17H25FN2O. The summed E-state index contributed by atoms with van der Waals surface area (Å²) < 4.78 is 18.5. The fraction of sp³-hybridized carbons (Fsp3) is 0.647. The van der Waals surface area contributed by atoms with Crippen molar-refractivity contribution in [2.45, 2.75) is 50.7 Å². The maximum Gasteiger partial charge on any atom is 0.165 e. The van der Waals surface area contributed by atoms with Crippen molar-refractivity contribution in [2.75, 3.05) is 20.2 Å². The predicted molar refractivity (Wildman–Crippen MR) is 82.1 cm³/mol. The van der Waals surface area contributed by atoms with Crippen LogP contribution in [0.15, 0.2) is 18.2 Å². The summed E-state index contributed by atoms with van der Waals surface area (Å²) in [5.41, 5.74) is 1.08. The number of halogens is 1. The van der Waals surface area contributed by atoms with Crippen molar-refractivity contribution in [3.8, 4) is 5.75 Å². The molecule has 1 atom stereocenters. The molecule has 0 aromatic heterocycles. The van der Waals surface area contributed by atoms with Gasteiger partial charge >= 0.3 is 0 Å². The van der Waals surface area contributed by atoms with E-state index in [1.165, 1.54) is 51.9 Å². The van der Waals surface area contributed by atoms with Gasteiger partial charge in [-0.25, -0.2) is 4.39 Å². The first-order chi connectivity index (χ1) is 10.2. The number of ether oxygens (including phenoxy) is 1. The Labute approximate surface area is 126 Å². The van der Waals surface area contributed by atoms with Gasteiger partial charge in [-0.1, -0.05) is 6.07 Å². The summed E-state index contributed by atoms with van der Waals surface area (Å²) in [6, 6.07) is 6.79. The molecule has 0 bridgehead atoms. The van der Waals surface area contributed by atoms with E-state index in [2.05, 4.69) is 17.1 Å². The van der Waals surface area contributed by atoms with Gasteiger partial charge in [0.15, 0.2) is 11.6 Å². The molecule has 4 heteroatoms. The molecule has 1 heterocycles.